The maximum absolute atomic E-state index is 11.6. The molecule has 2 aromatic rings. The summed E-state index contributed by atoms with van der Waals surface area (Å²) in [5.74, 6) is 0. The molecule has 0 aliphatic carbocycles. The van der Waals surface area contributed by atoms with Crippen molar-refractivity contribution in [1.29, 1.82) is 0 Å². The standard InChI is InChI=1S/C17H16ClNO3/c18-16(20)15-8-6-13(7-9-15)10-11-19-17(21)22-12-14-4-2-1-3-5-14/h1-9H,10-12H2,(H,19,21). The van der Waals surface area contributed by atoms with Gasteiger partial charge in [-0.2, -0.15) is 0 Å². The smallest absolute Gasteiger partial charge is 0.407 e. The van der Waals surface area contributed by atoms with Crippen LogP contribution in [-0.2, 0) is 17.8 Å². The Labute approximate surface area is 134 Å². The van der Waals surface area contributed by atoms with Crippen molar-refractivity contribution in [3.05, 3.63) is 71.3 Å². The van der Waals surface area contributed by atoms with Crippen LogP contribution in [0.3, 0.4) is 0 Å². The highest BCUT2D eigenvalue weighted by molar-refractivity contribution is 6.67. The molecule has 0 aliphatic rings. The minimum Gasteiger partial charge on any atom is -0.445 e. The van der Waals surface area contributed by atoms with E-state index in [1.807, 2.05) is 42.5 Å². The summed E-state index contributed by atoms with van der Waals surface area (Å²) in [6.45, 7) is 0.709. The molecular weight excluding hydrogens is 302 g/mol. The number of carbonyl (C=O) groups excluding carboxylic acids is 2. The van der Waals surface area contributed by atoms with E-state index in [-0.39, 0.29) is 6.61 Å². The molecule has 114 valence electrons. The van der Waals surface area contributed by atoms with E-state index in [1.54, 1.807) is 12.1 Å². The monoisotopic (exact) mass is 317 g/mol. The summed E-state index contributed by atoms with van der Waals surface area (Å²) in [4.78, 5) is 22.5. The predicted molar refractivity (Wildman–Crippen MR) is 85.0 cm³/mol. The average molecular weight is 318 g/mol. The Balaban J connectivity index is 1.69. The number of alkyl carbamates (subject to hydrolysis) is 1. The summed E-state index contributed by atoms with van der Waals surface area (Å²) >= 11 is 5.37. The van der Waals surface area contributed by atoms with Gasteiger partial charge in [0.15, 0.2) is 0 Å². The summed E-state index contributed by atoms with van der Waals surface area (Å²) in [5.41, 5.74) is 2.41. The Morgan fingerprint density at radius 3 is 2.27 bits per heavy atom. The van der Waals surface area contributed by atoms with Crippen LogP contribution >= 0.6 is 11.6 Å². The van der Waals surface area contributed by atoms with Gasteiger partial charge in [-0.3, -0.25) is 4.79 Å². The highest BCUT2D eigenvalue weighted by Crippen LogP contribution is 2.07. The van der Waals surface area contributed by atoms with E-state index in [2.05, 4.69) is 5.32 Å². The van der Waals surface area contributed by atoms with Gasteiger partial charge >= 0.3 is 6.09 Å². The number of rotatable bonds is 6. The Hall–Kier alpha value is -2.33. The topological polar surface area (TPSA) is 55.4 Å². The Kier molecular flexibility index (Phi) is 5.98. The van der Waals surface area contributed by atoms with Gasteiger partial charge in [0.1, 0.15) is 6.61 Å². The fraction of sp³-hybridized carbons (Fsp3) is 0.176. The lowest BCUT2D eigenvalue weighted by molar-refractivity contribution is 0.108. The van der Waals surface area contributed by atoms with Crippen molar-refractivity contribution in [2.45, 2.75) is 13.0 Å². The first kappa shape index (κ1) is 16.0. The second-order valence-electron chi connectivity index (χ2n) is 4.71. The number of carbonyl (C=O) groups is 2. The lowest BCUT2D eigenvalue weighted by atomic mass is 10.1. The van der Waals surface area contributed by atoms with Crippen molar-refractivity contribution in [2.75, 3.05) is 6.54 Å². The first-order valence-electron chi connectivity index (χ1n) is 6.88. The highest BCUT2D eigenvalue weighted by atomic mass is 35.5. The molecule has 1 amide bonds. The van der Waals surface area contributed by atoms with Crippen molar-refractivity contribution in [3.8, 4) is 0 Å². The van der Waals surface area contributed by atoms with Crippen LogP contribution in [0, 0.1) is 0 Å². The third kappa shape index (κ3) is 5.22. The summed E-state index contributed by atoms with van der Waals surface area (Å²) in [6.07, 6.45) is 0.202. The van der Waals surface area contributed by atoms with Gasteiger partial charge in [-0.15, -0.1) is 0 Å². The van der Waals surface area contributed by atoms with Gasteiger partial charge in [0.25, 0.3) is 5.24 Å². The molecule has 0 aliphatic heterocycles. The number of amides is 1. The second kappa shape index (κ2) is 8.20. The van der Waals surface area contributed by atoms with E-state index in [0.29, 0.717) is 18.5 Å². The molecule has 0 aromatic heterocycles. The van der Waals surface area contributed by atoms with Crippen molar-refractivity contribution >= 4 is 22.9 Å². The van der Waals surface area contributed by atoms with Gasteiger partial charge < -0.3 is 10.1 Å². The third-order valence-corrected chi connectivity index (χ3v) is 3.29. The largest absolute Gasteiger partial charge is 0.445 e. The number of nitrogens with one attached hydrogen (secondary N) is 1. The van der Waals surface area contributed by atoms with E-state index in [4.69, 9.17) is 16.3 Å². The van der Waals surface area contributed by atoms with Gasteiger partial charge in [0.2, 0.25) is 0 Å². The van der Waals surface area contributed by atoms with Crippen molar-refractivity contribution in [3.63, 3.8) is 0 Å². The normalized spacial score (nSPS) is 10.0. The highest BCUT2D eigenvalue weighted by Gasteiger charge is 2.03. The van der Waals surface area contributed by atoms with Crippen LogP contribution in [0.5, 0.6) is 0 Å². The lowest BCUT2D eigenvalue weighted by Crippen LogP contribution is -2.26. The molecule has 0 spiro atoms. The zero-order chi connectivity index (χ0) is 15.8. The summed E-state index contributed by atoms with van der Waals surface area (Å²) in [7, 11) is 0. The van der Waals surface area contributed by atoms with E-state index >= 15 is 0 Å². The zero-order valence-corrected chi connectivity index (χ0v) is 12.7. The molecule has 0 unspecified atom stereocenters. The first-order chi connectivity index (χ1) is 10.6. The maximum Gasteiger partial charge on any atom is 0.407 e. The second-order valence-corrected chi connectivity index (χ2v) is 5.05. The average Bonchev–Trinajstić information content (AvgIpc) is 2.54. The van der Waals surface area contributed by atoms with Crippen LogP contribution in [0.1, 0.15) is 21.5 Å². The zero-order valence-electron chi connectivity index (χ0n) is 11.9. The van der Waals surface area contributed by atoms with Crippen LogP contribution in [0.2, 0.25) is 0 Å². The number of hydrogen-bond acceptors (Lipinski definition) is 3. The molecule has 0 bridgehead atoms. The maximum atomic E-state index is 11.6. The summed E-state index contributed by atoms with van der Waals surface area (Å²) in [5, 5.41) is 2.21. The van der Waals surface area contributed by atoms with Gasteiger partial charge in [-0.1, -0.05) is 42.5 Å². The quantitative estimate of drug-likeness (QED) is 0.829. The van der Waals surface area contributed by atoms with Gasteiger partial charge in [-0.25, -0.2) is 4.79 Å². The molecule has 0 fully saturated rings. The first-order valence-corrected chi connectivity index (χ1v) is 7.26. The molecule has 22 heavy (non-hydrogen) atoms. The van der Waals surface area contributed by atoms with E-state index in [0.717, 1.165) is 11.1 Å². The number of benzene rings is 2. The molecule has 0 saturated carbocycles. The van der Waals surface area contributed by atoms with Crippen LogP contribution in [-0.4, -0.2) is 17.9 Å². The minimum atomic E-state index is -0.478. The molecule has 2 rings (SSSR count). The summed E-state index contributed by atoms with van der Waals surface area (Å²) in [6, 6.07) is 16.4. The Morgan fingerprint density at radius 2 is 1.64 bits per heavy atom. The van der Waals surface area contributed by atoms with E-state index in [1.165, 1.54) is 0 Å². The fourth-order valence-electron chi connectivity index (χ4n) is 1.89. The van der Waals surface area contributed by atoms with Gasteiger partial charge in [-0.05, 0) is 41.3 Å². The molecular formula is C17H16ClNO3. The van der Waals surface area contributed by atoms with Crippen LogP contribution in [0.25, 0.3) is 0 Å². The molecule has 4 nitrogen and oxygen atoms in total. The molecule has 0 heterocycles. The van der Waals surface area contributed by atoms with Gasteiger partial charge in [0.05, 0.1) is 0 Å². The van der Waals surface area contributed by atoms with Crippen LogP contribution in [0.15, 0.2) is 54.6 Å². The minimum absolute atomic E-state index is 0.249. The third-order valence-electron chi connectivity index (χ3n) is 3.08. The Bertz CT molecular complexity index is 626. The number of halogens is 1. The van der Waals surface area contributed by atoms with Crippen LogP contribution < -0.4 is 5.32 Å². The predicted octanol–water partition coefficient (Wildman–Crippen LogP) is 3.53. The van der Waals surface area contributed by atoms with Crippen molar-refractivity contribution in [2.24, 2.45) is 0 Å². The fourth-order valence-corrected chi connectivity index (χ4v) is 2.01. The molecule has 5 heteroatoms. The number of ether oxygens (including phenoxy) is 1. The van der Waals surface area contributed by atoms with Crippen LogP contribution in [0.4, 0.5) is 4.79 Å². The van der Waals surface area contributed by atoms with Crippen molar-refractivity contribution < 1.29 is 14.3 Å². The van der Waals surface area contributed by atoms with Crippen molar-refractivity contribution in [1.82, 2.24) is 5.32 Å². The molecule has 2 aromatic carbocycles. The summed E-state index contributed by atoms with van der Waals surface area (Å²) < 4.78 is 5.10. The van der Waals surface area contributed by atoms with Gasteiger partial charge in [0, 0.05) is 12.1 Å². The Morgan fingerprint density at radius 1 is 0.955 bits per heavy atom. The number of hydrogen-bond donors (Lipinski definition) is 1. The van der Waals surface area contributed by atoms with E-state index in [9.17, 15) is 9.59 Å². The molecule has 0 radical (unpaired) electrons. The molecule has 0 atom stereocenters. The molecule has 1 N–H and O–H groups in total. The molecule has 0 saturated heterocycles. The van der Waals surface area contributed by atoms with E-state index < -0.39 is 11.3 Å². The lowest BCUT2D eigenvalue weighted by Gasteiger charge is -2.07. The SMILES string of the molecule is O=C(NCCc1ccc(C(=O)Cl)cc1)OCc1ccccc1.